The molecule has 0 N–H and O–H groups in total. The highest BCUT2D eigenvalue weighted by atomic mass is 32.2. The molecule has 1 saturated heterocycles. The van der Waals surface area contributed by atoms with Crippen LogP contribution in [0, 0.1) is 6.92 Å². The number of hydrogen-bond acceptors (Lipinski definition) is 2. The van der Waals surface area contributed by atoms with E-state index >= 15 is 0 Å². The van der Waals surface area contributed by atoms with E-state index in [0.29, 0.717) is 4.31 Å². The maximum absolute atomic E-state index is 12.5. The second-order valence-corrected chi connectivity index (χ2v) is 6.22. The van der Waals surface area contributed by atoms with Crippen molar-refractivity contribution in [2.75, 3.05) is 0 Å². The lowest BCUT2D eigenvalue weighted by Crippen LogP contribution is -2.24. The van der Waals surface area contributed by atoms with Crippen LogP contribution in [0.25, 0.3) is 0 Å². The second-order valence-electron chi connectivity index (χ2n) is 4.38. The van der Waals surface area contributed by atoms with E-state index < -0.39 is 28.3 Å². The van der Waals surface area contributed by atoms with Crippen LogP contribution in [0.15, 0.2) is 29.2 Å². The Morgan fingerprint density at radius 1 is 1.17 bits per heavy atom. The van der Waals surface area contributed by atoms with Crippen LogP contribution in [-0.4, -0.2) is 31.0 Å². The quantitative estimate of drug-likeness (QED) is 0.779. The molecule has 2 rings (SSSR count). The summed E-state index contributed by atoms with van der Waals surface area (Å²) in [4.78, 5) is -0.105. The molecule has 3 atom stereocenters. The number of halogens is 3. The molecule has 18 heavy (non-hydrogen) atoms. The van der Waals surface area contributed by atoms with Crippen LogP contribution in [0.2, 0.25) is 0 Å². The zero-order valence-electron chi connectivity index (χ0n) is 9.77. The molecule has 1 unspecified atom stereocenters. The molecule has 0 bridgehead atoms. The first-order chi connectivity index (χ1) is 8.15. The number of sulfonamides is 1. The molecule has 1 aliphatic heterocycles. The van der Waals surface area contributed by atoms with Gasteiger partial charge < -0.3 is 0 Å². The molecule has 0 aliphatic carbocycles. The minimum Gasteiger partial charge on any atom is -0.207 e. The normalized spacial score (nSPS) is 28.2. The van der Waals surface area contributed by atoms with E-state index in [2.05, 4.69) is 0 Å². The van der Waals surface area contributed by atoms with Crippen LogP contribution in [-0.2, 0) is 10.0 Å². The summed E-state index contributed by atoms with van der Waals surface area (Å²) in [5.41, 5.74) is 0.847. The summed E-state index contributed by atoms with van der Waals surface area (Å²) < 4.78 is 62.1. The fraction of sp³-hybridized carbons (Fsp3) is 0.455. The van der Waals surface area contributed by atoms with E-state index in [1.165, 1.54) is 19.1 Å². The van der Waals surface area contributed by atoms with Crippen LogP contribution in [0.4, 0.5) is 13.2 Å². The summed E-state index contributed by atoms with van der Waals surface area (Å²) in [6.07, 6.45) is -4.52. The molecule has 0 aromatic heterocycles. The van der Waals surface area contributed by atoms with Gasteiger partial charge in [0.2, 0.25) is 10.0 Å². The van der Waals surface area contributed by atoms with Gasteiger partial charge in [0.1, 0.15) is 6.04 Å². The van der Waals surface area contributed by atoms with Gasteiger partial charge in [0.25, 0.3) is 0 Å². The largest absolute Gasteiger partial charge is 0.406 e. The third-order valence-electron chi connectivity index (χ3n) is 2.97. The average Bonchev–Trinajstić information content (AvgIpc) is 2.91. The highest BCUT2D eigenvalue weighted by Crippen LogP contribution is 2.44. The van der Waals surface area contributed by atoms with Gasteiger partial charge in [-0.15, -0.1) is 0 Å². The van der Waals surface area contributed by atoms with E-state index in [4.69, 9.17) is 0 Å². The first kappa shape index (κ1) is 13.4. The molecule has 1 aromatic carbocycles. The van der Waals surface area contributed by atoms with Crippen molar-refractivity contribution >= 4 is 10.0 Å². The van der Waals surface area contributed by atoms with Crippen molar-refractivity contribution in [3.63, 3.8) is 0 Å². The number of hydrogen-bond donors (Lipinski definition) is 0. The summed E-state index contributed by atoms with van der Waals surface area (Å²) in [6.45, 7) is 3.03. The Morgan fingerprint density at radius 2 is 1.67 bits per heavy atom. The second kappa shape index (κ2) is 3.96. The van der Waals surface area contributed by atoms with Crippen LogP contribution < -0.4 is 0 Å². The zero-order chi connectivity index (χ0) is 13.7. The summed E-state index contributed by atoms with van der Waals surface area (Å²) >= 11 is 0. The lowest BCUT2D eigenvalue weighted by atomic mass is 10.2. The van der Waals surface area contributed by atoms with Crippen molar-refractivity contribution < 1.29 is 21.6 Å². The number of rotatable bonds is 2. The molecule has 1 aliphatic rings. The lowest BCUT2D eigenvalue weighted by molar-refractivity contribution is -0.133. The summed E-state index contributed by atoms with van der Waals surface area (Å²) in [6, 6.07) is 2.83. The van der Waals surface area contributed by atoms with Crippen LogP contribution in [0.3, 0.4) is 0 Å². The number of alkyl halides is 3. The van der Waals surface area contributed by atoms with Crippen molar-refractivity contribution in [2.24, 2.45) is 0 Å². The Hall–Kier alpha value is -1.08. The molecule has 1 fully saturated rings. The lowest BCUT2D eigenvalue weighted by Gasteiger charge is -2.08. The monoisotopic (exact) mass is 279 g/mol. The maximum atomic E-state index is 12.5. The molecule has 0 spiro atoms. The van der Waals surface area contributed by atoms with Crippen molar-refractivity contribution in [3.8, 4) is 0 Å². The summed E-state index contributed by atoms with van der Waals surface area (Å²) in [5.74, 6) is 0. The first-order valence-electron chi connectivity index (χ1n) is 5.32. The molecular formula is C11H12F3NO2S. The molecule has 100 valence electrons. The van der Waals surface area contributed by atoms with Crippen LogP contribution >= 0.6 is 0 Å². The standard InChI is InChI=1S/C11H12F3NO2S/c1-7-3-5-9(6-4-7)18(16,17)15-8(2)10(15)11(12,13)14/h3-6,8,10H,1-2H3/t8-,10+,15?/m1/s1. The highest BCUT2D eigenvalue weighted by Gasteiger charge is 2.65. The smallest absolute Gasteiger partial charge is 0.207 e. The Labute approximate surface area is 103 Å². The SMILES string of the molecule is Cc1ccc(S(=O)(=O)N2[C@H](C)[C@H]2C(F)(F)F)cc1. The Bertz CT molecular complexity index is 551. The van der Waals surface area contributed by atoms with Gasteiger partial charge in [-0.2, -0.15) is 17.5 Å². The van der Waals surface area contributed by atoms with E-state index in [1.54, 1.807) is 19.1 Å². The molecule has 1 heterocycles. The Balaban J connectivity index is 2.32. The topological polar surface area (TPSA) is 37.1 Å². The van der Waals surface area contributed by atoms with Crippen molar-refractivity contribution in [2.45, 2.75) is 37.0 Å². The molecule has 7 heteroatoms. The molecular weight excluding hydrogens is 267 g/mol. The van der Waals surface area contributed by atoms with Gasteiger partial charge in [-0.3, -0.25) is 0 Å². The van der Waals surface area contributed by atoms with E-state index in [9.17, 15) is 21.6 Å². The van der Waals surface area contributed by atoms with E-state index in [0.717, 1.165) is 5.56 Å². The van der Waals surface area contributed by atoms with Crippen molar-refractivity contribution in [1.29, 1.82) is 0 Å². The van der Waals surface area contributed by atoms with Gasteiger partial charge >= 0.3 is 6.18 Å². The Kier molecular flexibility index (Phi) is 2.94. The molecule has 0 amide bonds. The van der Waals surface area contributed by atoms with Gasteiger partial charge in [-0.25, -0.2) is 8.42 Å². The zero-order valence-corrected chi connectivity index (χ0v) is 10.6. The number of nitrogens with zero attached hydrogens (tertiary/aromatic N) is 1. The van der Waals surface area contributed by atoms with Crippen LogP contribution in [0.5, 0.6) is 0 Å². The van der Waals surface area contributed by atoms with Crippen molar-refractivity contribution in [1.82, 2.24) is 4.31 Å². The number of benzene rings is 1. The fourth-order valence-corrected chi connectivity index (χ4v) is 3.76. The van der Waals surface area contributed by atoms with Gasteiger partial charge in [-0.05, 0) is 26.0 Å². The Morgan fingerprint density at radius 3 is 2.06 bits per heavy atom. The van der Waals surface area contributed by atoms with E-state index in [1.807, 2.05) is 0 Å². The molecule has 0 radical (unpaired) electrons. The van der Waals surface area contributed by atoms with Crippen LogP contribution in [0.1, 0.15) is 12.5 Å². The van der Waals surface area contributed by atoms with Gasteiger partial charge in [0.15, 0.2) is 0 Å². The van der Waals surface area contributed by atoms with Gasteiger partial charge in [-0.1, -0.05) is 17.7 Å². The predicted molar refractivity (Wildman–Crippen MR) is 59.5 cm³/mol. The molecule has 3 nitrogen and oxygen atoms in total. The maximum Gasteiger partial charge on any atom is 0.406 e. The minimum atomic E-state index is -4.52. The fourth-order valence-electron chi connectivity index (χ4n) is 1.94. The predicted octanol–water partition coefficient (Wildman–Crippen LogP) is 2.32. The van der Waals surface area contributed by atoms with Gasteiger partial charge in [0.05, 0.1) is 4.90 Å². The summed E-state index contributed by atoms with van der Waals surface area (Å²) in [7, 11) is -4.05. The minimum absolute atomic E-state index is 0.105. The van der Waals surface area contributed by atoms with E-state index in [-0.39, 0.29) is 4.90 Å². The third kappa shape index (κ3) is 2.12. The average molecular weight is 279 g/mol. The number of aryl methyl sites for hydroxylation is 1. The van der Waals surface area contributed by atoms with Crippen molar-refractivity contribution in [3.05, 3.63) is 29.8 Å². The van der Waals surface area contributed by atoms with Gasteiger partial charge in [0, 0.05) is 6.04 Å². The first-order valence-corrected chi connectivity index (χ1v) is 6.76. The molecule has 1 aromatic rings. The third-order valence-corrected chi connectivity index (χ3v) is 4.96. The summed E-state index contributed by atoms with van der Waals surface area (Å²) in [5, 5.41) is 0. The highest BCUT2D eigenvalue weighted by molar-refractivity contribution is 7.89. The molecule has 0 saturated carbocycles.